The minimum absolute atomic E-state index is 0.782. The fourth-order valence-electron chi connectivity index (χ4n) is 2.68. The van der Waals surface area contributed by atoms with Crippen LogP contribution < -0.4 is 10.6 Å². The van der Waals surface area contributed by atoms with E-state index in [0.29, 0.717) is 0 Å². The molecule has 0 spiro atoms. The molecule has 21 heavy (non-hydrogen) atoms. The van der Waals surface area contributed by atoms with Gasteiger partial charge in [0.1, 0.15) is 7.14 Å². The average Bonchev–Trinajstić information content (AvgIpc) is 2.56. The SMILES string of the molecule is CCCCCCCP(=O)(c1ccccc1)c1ccccc1. The van der Waals surface area contributed by atoms with Gasteiger partial charge in [-0.2, -0.15) is 0 Å². The fourth-order valence-corrected chi connectivity index (χ4v) is 5.47. The summed E-state index contributed by atoms with van der Waals surface area (Å²) in [7, 11) is -2.47. The maximum atomic E-state index is 13.6. The highest BCUT2D eigenvalue weighted by molar-refractivity contribution is 7.78. The first kappa shape index (κ1) is 16.0. The Balaban J connectivity index is 2.18. The van der Waals surface area contributed by atoms with Crippen LogP contribution in [0, 0.1) is 0 Å². The number of benzene rings is 2. The molecule has 0 aliphatic rings. The number of hydrogen-bond acceptors (Lipinski definition) is 1. The molecule has 112 valence electrons. The van der Waals surface area contributed by atoms with Crippen LogP contribution in [0.2, 0.25) is 0 Å². The van der Waals surface area contributed by atoms with E-state index in [4.69, 9.17) is 0 Å². The van der Waals surface area contributed by atoms with Gasteiger partial charge in [0, 0.05) is 16.8 Å². The summed E-state index contributed by atoms with van der Waals surface area (Å²) < 4.78 is 13.6. The summed E-state index contributed by atoms with van der Waals surface area (Å²) in [6.07, 6.45) is 6.78. The smallest absolute Gasteiger partial charge is 0.143 e. The van der Waals surface area contributed by atoms with Gasteiger partial charge in [-0.1, -0.05) is 93.3 Å². The van der Waals surface area contributed by atoms with E-state index in [2.05, 4.69) is 6.92 Å². The predicted molar refractivity (Wildman–Crippen MR) is 93.4 cm³/mol. The van der Waals surface area contributed by atoms with Crippen LogP contribution in [-0.4, -0.2) is 6.16 Å². The maximum Gasteiger partial charge on any atom is 0.143 e. The van der Waals surface area contributed by atoms with Crippen molar-refractivity contribution in [2.45, 2.75) is 39.0 Å². The lowest BCUT2D eigenvalue weighted by Crippen LogP contribution is -2.18. The largest absolute Gasteiger partial charge is 0.314 e. The second-order valence-corrected chi connectivity index (χ2v) is 8.51. The number of hydrogen-bond donors (Lipinski definition) is 0. The average molecular weight is 300 g/mol. The van der Waals surface area contributed by atoms with E-state index in [-0.39, 0.29) is 0 Å². The normalized spacial score (nSPS) is 11.5. The molecule has 0 bridgehead atoms. The molecule has 2 rings (SSSR count). The van der Waals surface area contributed by atoms with Crippen LogP contribution in [0.4, 0.5) is 0 Å². The molecule has 0 radical (unpaired) electrons. The minimum Gasteiger partial charge on any atom is -0.314 e. The molecule has 0 N–H and O–H groups in total. The van der Waals surface area contributed by atoms with Crippen molar-refractivity contribution in [2.24, 2.45) is 0 Å². The van der Waals surface area contributed by atoms with E-state index in [0.717, 1.165) is 23.2 Å². The van der Waals surface area contributed by atoms with E-state index in [1.807, 2.05) is 60.7 Å². The molecule has 0 unspecified atom stereocenters. The van der Waals surface area contributed by atoms with Crippen molar-refractivity contribution in [3.63, 3.8) is 0 Å². The van der Waals surface area contributed by atoms with Crippen molar-refractivity contribution in [2.75, 3.05) is 6.16 Å². The predicted octanol–water partition coefficient (Wildman–Crippen LogP) is 4.97. The minimum atomic E-state index is -2.47. The zero-order valence-corrected chi connectivity index (χ0v) is 13.8. The zero-order valence-electron chi connectivity index (χ0n) is 12.9. The summed E-state index contributed by atoms with van der Waals surface area (Å²) in [6.45, 7) is 2.22. The molecule has 2 heteroatoms. The standard InChI is InChI=1S/C19H25OP/c1-2-3-4-5-12-17-21(20,18-13-8-6-9-14-18)19-15-10-7-11-16-19/h6-11,13-16H,2-5,12,17H2,1H3. The van der Waals surface area contributed by atoms with Gasteiger partial charge in [0.25, 0.3) is 0 Å². The Labute approximate surface area is 128 Å². The van der Waals surface area contributed by atoms with Crippen LogP contribution >= 0.6 is 7.14 Å². The Kier molecular flexibility index (Phi) is 6.26. The monoisotopic (exact) mass is 300 g/mol. The number of unbranched alkanes of at least 4 members (excludes halogenated alkanes) is 4. The summed E-state index contributed by atoms with van der Waals surface area (Å²) in [4.78, 5) is 0. The Hall–Kier alpha value is -1.33. The van der Waals surface area contributed by atoms with Gasteiger partial charge in [0.05, 0.1) is 0 Å². The molecule has 2 aromatic carbocycles. The highest BCUT2D eigenvalue weighted by Crippen LogP contribution is 2.44. The lowest BCUT2D eigenvalue weighted by atomic mass is 10.2. The van der Waals surface area contributed by atoms with Crippen LogP contribution in [0.1, 0.15) is 39.0 Å². The highest BCUT2D eigenvalue weighted by Gasteiger charge is 2.26. The van der Waals surface area contributed by atoms with Gasteiger partial charge in [-0.15, -0.1) is 0 Å². The zero-order chi connectivity index (χ0) is 15.0. The second kappa shape index (κ2) is 8.20. The van der Waals surface area contributed by atoms with Crippen molar-refractivity contribution < 1.29 is 4.57 Å². The van der Waals surface area contributed by atoms with Gasteiger partial charge in [-0.25, -0.2) is 0 Å². The molecule has 0 fully saturated rings. The summed E-state index contributed by atoms with van der Waals surface area (Å²) in [5, 5.41) is 1.98. The third-order valence-electron chi connectivity index (χ3n) is 3.92. The molecule has 0 aliphatic carbocycles. The molecule has 2 aromatic rings. The molecule has 0 saturated heterocycles. The van der Waals surface area contributed by atoms with Crippen molar-refractivity contribution in [1.29, 1.82) is 0 Å². The van der Waals surface area contributed by atoms with Crippen molar-refractivity contribution in [1.82, 2.24) is 0 Å². The molecule has 1 nitrogen and oxygen atoms in total. The highest BCUT2D eigenvalue weighted by atomic mass is 31.2. The maximum absolute atomic E-state index is 13.6. The van der Waals surface area contributed by atoms with Crippen LogP contribution in [0.3, 0.4) is 0 Å². The van der Waals surface area contributed by atoms with E-state index in [9.17, 15) is 4.57 Å². The Morgan fingerprint density at radius 3 is 1.67 bits per heavy atom. The van der Waals surface area contributed by atoms with Crippen molar-refractivity contribution >= 4 is 17.8 Å². The van der Waals surface area contributed by atoms with E-state index < -0.39 is 7.14 Å². The van der Waals surface area contributed by atoms with E-state index in [1.165, 1.54) is 25.7 Å². The van der Waals surface area contributed by atoms with Gasteiger partial charge in [-0.05, 0) is 6.42 Å². The first-order valence-corrected chi connectivity index (χ1v) is 9.87. The molecule has 0 saturated carbocycles. The number of rotatable bonds is 8. The van der Waals surface area contributed by atoms with E-state index in [1.54, 1.807) is 0 Å². The van der Waals surface area contributed by atoms with Crippen LogP contribution in [0.15, 0.2) is 60.7 Å². The van der Waals surface area contributed by atoms with Crippen molar-refractivity contribution in [3.8, 4) is 0 Å². The first-order chi connectivity index (χ1) is 10.3. The van der Waals surface area contributed by atoms with Crippen LogP contribution in [0.5, 0.6) is 0 Å². The van der Waals surface area contributed by atoms with Gasteiger partial charge in [0.15, 0.2) is 0 Å². The van der Waals surface area contributed by atoms with Gasteiger partial charge >= 0.3 is 0 Å². The van der Waals surface area contributed by atoms with Gasteiger partial charge < -0.3 is 4.57 Å². The lowest BCUT2D eigenvalue weighted by molar-refractivity contribution is 0.581. The molecular formula is C19H25OP. The summed E-state index contributed by atoms with van der Waals surface area (Å²) >= 11 is 0. The fraction of sp³-hybridized carbons (Fsp3) is 0.368. The third kappa shape index (κ3) is 4.32. The van der Waals surface area contributed by atoms with Crippen LogP contribution in [-0.2, 0) is 4.57 Å². The quantitative estimate of drug-likeness (QED) is 0.497. The lowest BCUT2D eigenvalue weighted by Gasteiger charge is -2.19. The van der Waals surface area contributed by atoms with E-state index >= 15 is 0 Å². The second-order valence-electron chi connectivity index (χ2n) is 5.55. The van der Waals surface area contributed by atoms with Crippen LogP contribution in [0.25, 0.3) is 0 Å². The van der Waals surface area contributed by atoms with Gasteiger partial charge in [0.2, 0.25) is 0 Å². The summed E-state index contributed by atoms with van der Waals surface area (Å²) in [5.74, 6) is 0. The molecule has 0 aliphatic heterocycles. The molecule has 0 amide bonds. The molecule has 0 aromatic heterocycles. The van der Waals surface area contributed by atoms with Crippen molar-refractivity contribution in [3.05, 3.63) is 60.7 Å². The third-order valence-corrected chi connectivity index (χ3v) is 7.13. The summed E-state index contributed by atoms with van der Waals surface area (Å²) in [5.41, 5.74) is 0. The molecule has 0 atom stereocenters. The Morgan fingerprint density at radius 1 is 0.714 bits per heavy atom. The Morgan fingerprint density at radius 2 is 1.19 bits per heavy atom. The summed E-state index contributed by atoms with van der Waals surface area (Å²) in [6, 6.07) is 20.0. The molecule has 0 heterocycles. The molecular weight excluding hydrogens is 275 g/mol. The Bertz CT molecular complexity index is 519. The topological polar surface area (TPSA) is 17.1 Å². The van der Waals surface area contributed by atoms with Gasteiger partial charge in [-0.3, -0.25) is 0 Å². The first-order valence-electron chi connectivity index (χ1n) is 7.97.